The normalized spacial score (nSPS) is 14.5. The monoisotopic (exact) mass is 477 g/mol. The molecule has 0 saturated carbocycles. The van der Waals surface area contributed by atoms with Crippen LogP contribution in [0.5, 0.6) is 5.75 Å². The highest BCUT2D eigenvalue weighted by Crippen LogP contribution is 2.33. The van der Waals surface area contributed by atoms with Gasteiger partial charge < -0.3 is 24.6 Å². The lowest BCUT2D eigenvalue weighted by Gasteiger charge is -2.35. The van der Waals surface area contributed by atoms with Crippen molar-refractivity contribution < 1.29 is 19.1 Å². The van der Waals surface area contributed by atoms with E-state index in [0.29, 0.717) is 32.6 Å². The van der Waals surface area contributed by atoms with E-state index in [1.165, 1.54) is 20.3 Å². The summed E-state index contributed by atoms with van der Waals surface area (Å²) in [6, 6.07) is 8.38. The van der Waals surface area contributed by atoms with Crippen LogP contribution in [-0.4, -0.2) is 64.2 Å². The molecule has 0 spiro atoms. The Morgan fingerprint density at radius 3 is 2.44 bits per heavy atom. The number of nitrogens with zero attached hydrogens (tertiary/aromatic N) is 2. The van der Waals surface area contributed by atoms with Crippen molar-refractivity contribution in [1.29, 1.82) is 0 Å². The largest absolute Gasteiger partial charge is 0.495 e. The number of methoxy groups -OCH3 is 2. The van der Waals surface area contributed by atoms with Crippen LogP contribution in [-0.2, 0) is 9.53 Å². The predicted octanol–water partition coefficient (Wildman–Crippen LogP) is 4.19. The number of carbonyl (C=O) groups is 2. The van der Waals surface area contributed by atoms with Crippen molar-refractivity contribution in [2.24, 2.45) is 0 Å². The van der Waals surface area contributed by atoms with Gasteiger partial charge in [0, 0.05) is 42.8 Å². The fourth-order valence-electron chi connectivity index (χ4n) is 3.46. The van der Waals surface area contributed by atoms with Gasteiger partial charge in [-0.15, -0.1) is 0 Å². The molecule has 1 N–H and O–H groups in total. The van der Waals surface area contributed by atoms with Gasteiger partial charge in [-0.2, -0.15) is 0 Å². The molecule has 9 heteroatoms. The molecule has 0 aliphatic carbocycles. The Bertz CT molecular complexity index is 1030. The third-order valence-corrected chi connectivity index (χ3v) is 5.67. The summed E-state index contributed by atoms with van der Waals surface area (Å²) in [5, 5.41) is 3.66. The van der Waals surface area contributed by atoms with E-state index in [0.717, 1.165) is 31.9 Å². The van der Waals surface area contributed by atoms with E-state index < -0.39 is 5.97 Å². The molecule has 1 amide bonds. The Labute approximate surface area is 197 Å². The zero-order chi connectivity index (χ0) is 23.3. The molecule has 0 atom stereocenters. The molecule has 1 heterocycles. The van der Waals surface area contributed by atoms with Crippen molar-refractivity contribution in [3.8, 4) is 5.75 Å². The highest BCUT2D eigenvalue weighted by atomic mass is 35.5. The summed E-state index contributed by atoms with van der Waals surface area (Å²) >= 11 is 12.2. The number of halogens is 2. The number of ether oxygens (including phenoxy) is 2. The summed E-state index contributed by atoms with van der Waals surface area (Å²) in [5.41, 5.74) is 2.30. The molecule has 3 rings (SSSR count). The Morgan fingerprint density at radius 2 is 1.78 bits per heavy atom. The number of benzene rings is 2. The number of likely N-dealkylation sites (N-methyl/N-ethyl adjacent to an activating group) is 1. The zero-order valence-corrected chi connectivity index (χ0v) is 19.7. The Balaban J connectivity index is 1.87. The maximum atomic E-state index is 12.7. The van der Waals surface area contributed by atoms with Gasteiger partial charge in [0.05, 0.1) is 36.2 Å². The zero-order valence-electron chi connectivity index (χ0n) is 18.2. The van der Waals surface area contributed by atoms with Crippen molar-refractivity contribution in [3.63, 3.8) is 0 Å². The average molecular weight is 478 g/mol. The molecule has 170 valence electrons. The first-order valence-corrected chi connectivity index (χ1v) is 10.8. The van der Waals surface area contributed by atoms with Crippen molar-refractivity contribution in [2.45, 2.75) is 0 Å². The van der Waals surface area contributed by atoms with Crippen LogP contribution in [0.1, 0.15) is 15.9 Å². The first kappa shape index (κ1) is 23.9. The molecular formula is C23H25Cl2N3O4. The van der Waals surface area contributed by atoms with Crippen molar-refractivity contribution in [1.82, 2.24) is 4.90 Å². The summed E-state index contributed by atoms with van der Waals surface area (Å²) < 4.78 is 10.1. The molecule has 0 aromatic heterocycles. The number of rotatable bonds is 6. The molecule has 7 nitrogen and oxygen atoms in total. The van der Waals surface area contributed by atoms with Crippen LogP contribution in [0, 0.1) is 0 Å². The summed E-state index contributed by atoms with van der Waals surface area (Å²) in [6.07, 6.45) is 2.94. The summed E-state index contributed by atoms with van der Waals surface area (Å²) in [4.78, 5) is 29.2. The van der Waals surface area contributed by atoms with Crippen LogP contribution < -0.4 is 15.0 Å². The molecule has 1 saturated heterocycles. The van der Waals surface area contributed by atoms with Gasteiger partial charge in [0.25, 0.3) is 0 Å². The van der Waals surface area contributed by atoms with Gasteiger partial charge in [-0.05, 0) is 43.5 Å². The van der Waals surface area contributed by atoms with Gasteiger partial charge in [-0.3, -0.25) is 4.79 Å². The Hall–Kier alpha value is -2.74. The molecule has 2 aromatic rings. The second-order valence-electron chi connectivity index (χ2n) is 7.35. The fraction of sp³-hybridized carbons (Fsp3) is 0.304. The molecule has 1 aliphatic heterocycles. The smallest absolute Gasteiger partial charge is 0.337 e. The van der Waals surface area contributed by atoms with Crippen LogP contribution in [0.3, 0.4) is 0 Å². The minimum atomic E-state index is -0.473. The third kappa shape index (κ3) is 5.73. The summed E-state index contributed by atoms with van der Waals surface area (Å²) in [7, 11) is 4.88. The number of hydrogen-bond donors (Lipinski definition) is 1. The van der Waals surface area contributed by atoms with Crippen molar-refractivity contribution in [3.05, 3.63) is 57.6 Å². The van der Waals surface area contributed by atoms with E-state index in [2.05, 4.69) is 22.2 Å². The minimum absolute atomic E-state index is 0.350. The molecule has 0 bridgehead atoms. The first-order valence-electron chi connectivity index (χ1n) is 10.0. The fourth-order valence-corrected chi connectivity index (χ4v) is 4.05. The SMILES string of the molecule is COC(=O)c1ccc(N2CCN(C)CC2)c(NC(=O)/C=C/c2cc(Cl)cc(Cl)c2OC)c1. The maximum Gasteiger partial charge on any atom is 0.337 e. The van der Waals surface area contributed by atoms with Crippen LogP contribution in [0.4, 0.5) is 11.4 Å². The Kier molecular flexibility index (Phi) is 8.01. The molecule has 0 unspecified atom stereocenters. The van der Waals surface area contributed by atoms with Crippen LogP contribution in [0.15, 0.2) is 36.4 Å². The number of hydrogen-bond acceptors (Lipinski definition) is 6. The van der Waals surface area contributed by atoms with Gasteiger partial charge in [-0.25, -0.2) is 4.79 Å². The van der Waals surface area contributed by atoms with Gasteiger partial charge in [-0.1, -0.05) is 23.2 Å². The predicted molar refractivity (Wildman–Crippen MR) is 128 cm³/mol. The molecule has 0 radical (unpaired) electrons. The summed E-state index contributed by atoms with van der Waals surface area (Å²) in [6.45, 7) is 3.43. The number of anilines is 2. The van der Waals surface area contributed by atoms with Gasteiger partial charge in [0.15, 0.2) is 0 Å². The van der Waals surface area contributed by atoms with Crippen molar-refractivity contribution in [2.75, 3.05) is 57.7 Å². The van der Waals surface area contributed by atoms with Crippen molar-refractivity contribution >= 4 is 52.5 Å². The van der Waals surface area contributed by atoms with Crippen LogP contribution in [0.2, 0.25) is 10.0 Å². The number of piperazine rings is 1. The van der Waals surface area contributed by atoms with E-state index in [4.69, 9.17) is 32.7 Å². The number of nitrogens with one attached hydrogen (secondary N) is 1. The minimum Gasteiger partial charge on any atom is -0.495 e. The lowest BCUT2D eigenvalue weighted by atomic mass is 10.1. The molecule has 32 heavy (non-hydrogen) atoms. The number of esters is 1. The molecule has 2 aromatic carbocycles. The third-order valence-electron chi connectivity index (χ3n) is 5.17. The Morgan fingerprint density at radius 1 is 1.06 bits per heavy atom. The van der Waals surface area contributed by atoms with Gasteiger partial charge in [0.1, 0.15) is 5.75 Å². The highest BCUT2D eigenvalue weighted by Gasteiger charge is 2.19. The van der Waals surface area contributed by atoms with E-state index in [1.54, 1.807) is 30.3 Å². The average Bonchev–Trinajstić information content (AvgIpc) is 2.77. The quantitative estimate of drug-likeness (QED) is 0.496. The number of carbonyl (C=O) groups excluding carboxylic acids is 2. The standard InChI is InChI=1S/C23H25Cl2N3O4/c1-27-8-10-28(11-9-27)20-6-4-16(23(30)32-3)13-19(20)26-21(29)7-5-15-12-17(24)14-18(25)22(15)31-2/h4-7,12-14H,8-11H2,1-3H3,(H,26,29)/b7-5+. The van der Waals surface area contributed by atoms with E-state index >= 15 is 0 Å². The molecule has 1 aliphatic rings. The second-order valence-corrected chi connectivity index (χ2v) is 8.19. The lowest BCUT2D eigenvalue weighted by Crippen LogP contribution is -2.44. The summed E-state index contributed by atoms with van der Waals surface area (Å²) in [5.74, 6) is -0.425. The first-order chi connectivity index (χ1) is 15.3. The maximum absolute atomic E-state index is 12.7. The van der Waals surface area contributed by atoms with E-state index in [-0.39, 0.29) is 5.91 Å². The second kappa shape index (κ2) is 10.7. The van der Waals surface area contributed by atoms with Crippen LogP contribution in [0.25, 0.3) is 6.08 Å². The van der Waals surface area contributed by atoms with E-state index in [1.807, 2.05) is 6.07 Å². The highest BCUT2D eigenvalue weighted by molar-refractivity contribution is 6.36. The lowest BCUT2D eigenvalue weighted by molar-refractivity contribution is -0.111. The van der Waals surface area contributed by atoms with E-state index in [9.17, 15) is 9.59 Å². The molecular weight excluding hydrogens is 453 g/mol. The van der Waals surface area contributed by atoms with Gasteiger partial charge in [0.2, 0.25) is 5.91 Å². The van der Waals surface area contributed by atoms with Crippen LogP contribution >= 0.6 is 23.2 Å². The number of amides is 1. The molecule has 1 fully saturated rings. The van der Waals surface area contributed by atoms with Gasteiger partial charge >= 0.3 is 5.97 Å². The topological polar surface area (TPSA) is 71.1 Å².